The van der Waals surface area contributed by atoms with Gasteiger partial charge >= 0.3 is 0 Å². The zero-order valence-electron chi connectivity index (χ0n) is 17.6. The van der Waals surface area contributed by atoms with Crippen molar-refractivity contribution < 1.29 is 14.3 Å². The van der Waals surface area contributed by atoms with Crippen LogP contribution in [0.15, 0.2) is 30.6 Å². The standard InChI is InChI=1S/C22H26N6O3/c1-2-4-17-10-20(28-22(26-17)24-13-25-28)27-8-3-5-16(12-27)21(29)23-11-15-6-7-18-19(9-15)31-14-30-18/h6-7,9-10,13,16H,2-5,8,11-12,14H2,1H3,(H,23,29)/t16-/m0/s1. The van der Waals surface area contributed by atoms with E-state index in [-0.39, 0.29) is 18.6 Å². The first kappa shape index (κ1) is 19.6. The molecule has 3 aromatic rings. The molecule has 162 valence electrons. The lowest BCUT2D eigenvalue weighted by Crippen LogP contribution is -2.43. The summed E-state index contributed by atoms with van der Waals surface area (Å²) in [4.78, 5) is 24.0. The molecule has 2 aliphatic rings. The van der Waals surface area contributed by atoms with Crippen LogP contribution >= 0.6 is 0 Å². The highest BCUT2D eigenvalue weighted by atomic mass is 16.7. The summed E-state index contributed by atoms with van der Waals surface area (Å²) in [7, 11) is 0. The Bertz CT molecular complexity index is 1100. The van der Waals surface area contributed by atoms with Crippen molar-refractivity contribution in [2.75, 3.05) is 24.8 Å². The first-order valence-corrected chi connectivity index (χ1v) is 10.8. The lowest BCUT2D eigenvalue weighted by molar-refractivity contribution is -0.125. The summed E-state index contributed by atoms with van der Waals surface area (Å²) in [6.45, 7) is 4.39. The van der Waals surface area contributed by atoms with Crippen LogP contribution in [0.25, 0.3) is 5.78 Å². The van der Waals surface area contributed by atoms with E-state index >= 15 is 0 Å². The Morgan fingerprint density at radius 2 is 2.16 bits per heavy atom. The Morgan fingerprint density at radius 3 is 3.06 bits per heavy atom. The van der Waals surface area contributed by atoms with Crippen LogP contribution in [0.5, 0.6) is 11.5 Å². The van der Waals surface area contributed by atoms with E-state index in [9.17, 15) is 4.79 Å². The topological polar surface area (TPSA) is 93.9 Å². The molecule has 1 amide bonds. The number of anilines is 1. The highest BCUT2D eigenvalue weighted by Crippen LogP contribution is 2.32. The number of amides is 1. The maximum absolute atomic E-state index is 12.9. The molecule has 1 fully saturated rings. The predicted octanol–water partition coefficient (Wildman–Crippen LogP) is 2.34. The number of aromatic nitrogens is 4. The van der Waals surface area contributed by atoms with Crippen molar-refractivity contribution >= 4 is 17.5 Å². The van der Waals surface area contributed by atoms with Gasteiger partial charge in [-0.1, -0.05) is 19.4 Å². The number of hydrogen-bond acceptors (Lipinski definition) is 7. The van der Waals surface area contributed by atoms with Gasteiger partial charge in [0, 0.05) is 31.4 Å². The Hall–Kier alpha value is -3.36. The van der Waals surface area contributed by atoms with Crippen LogP contribution in [0, 0.1) is 5.92 Å². The van der Waals surface area contributed by atoms with Gasteiger partial charge in [0.1, 0.15) is 12.1 Å². The molecule has 1 atom stereocenters. The van der Waals surface area contributed by atoms with E-state index in [0.717, 1.165) is 60.8 Å². The normalized spacial score (nSPS) is 17.8. The number of carbonyl (C=O) groups is 1. The second-order valence-corrected chi connectivity index (χ2v) is 8.02. The summed E-state index contributed by atoms with van der Waals surface area (Å²) < 4.78 is 12.5. The molecule has 1 aromatic carbocycles. The van der Waals surface area contributed by atoms with Crippen LogP contribution in [0.4, 0.5) is 5.82 Å². The second kappa shape index (κ2) is 8.41. The van der Waals surface area contributed by atoms with Gasteiger partial charge in [0.2, 0.25) is 12.7 Å². The van der Waals surface area contributed by atoms with Crippen LogP contribution in [0.1, 0.15) is 37.4 Å². The number of carbonyl (C=O) groups excluding carboxylic acids is 1. The number of benzene rings is 1. The Balaban J connectivity index is 1.27. The number of hydrogen-bond donors (Lipinski definition) is 1. The van der Waals surface area contributed by atoms with Crippen molar-refractivity contribution in [2.24, 2.45) is 5.92 Å². The summed E-state index contributed by atoms with van der Waals surface area (Å²) in [6, 6.07) is 7.84. The minimum absolute atomic E-state index is 0.0695. The predicted molar refractivity (Wildman–Crippen MR) is 114 cm³/mol. The average Bonchev–Trinajstić information content (AvgIpc) is 3.46. The van der Waals surface area contributed by atoms with Crippen molar-refractivity contribution in [1.29, 1.82) is 0 Å². The highest BCUT2D eigenvalue weighted by molar-refractivity contribution is 5.79. The molecule has 1 N–H and O–H groups in total. The maximum atomic E-state index is 12.9. The molecule has 0 spiro atoms. The van der Waals surface area contributed by atoms with Gasteiger partial charge in [-0.25, -0.2) is 4.98 Å². The number of fused-ring (bicyclic) bond motifs is 2. The highest BCUT2D eigenvalue weighted by Gasteiger charge is 2.27. The monoisotopic (exact) mass is 422 g/mol. The van der Waals surface area contributed by atoms with Crippen molar-refractivity contribution in [2.45, 2.75) is 39.2 Å². The first-order valence-electron chi connectivity index (χ1n) is 10.8. The lowest BCUT2D eigenvalue weighted by atomic mass is 9.97. The molecular weight excluding hydrogens is 396 g/mol. The number of aryl methyl sites for hydroxylation is 1. The smallest absolute Gasteiger partial charge is 0.254 e. The number of ether oxygens (including phenoxy) is 2. The quantitative estimate of drug-likeness (QED) is 0.652. The molecule has 0 aliphatic carbocycles. The lowest BCUT2D eigenvalue weighted by Gasteiger charge is -2.33. The fourth-order valence-corrected chi connectivity index (χ4v) is 4.24. The largest absolute Gasteiger partial charge is 0.454 e. The van der Waals surface area contributed by atoms with E-state index in [1.54, 1.807) is 4.52 Å². The summed E-state index contributed by atoms with van der Waals surface area (Å²) >= 11 is 0. The molecule has 0 radical (unpaired) electrons. The summed E-state index contributed by atoms with van der Waals surface area (Å²) in [6.07, 6.45) is 5.26. The third-order valence-electron chi connectivity index (χ3n) is 5.81. The van der Waals surface area contributed by atoms with Crippen molar-refractivity contribution in [3.8, 4) is 11.5 Å². The summed E-state index contributed by atoms with van der Waals surface area (Å²) in [5, 5.41) is 7.43. The Labute approximate surface area is 180 Å². The van der Waals surface area contributed by atoms with Crippen LogP contribution < -0.4 is 19.7 Å². The number of piperidine rings is 1. The number of rotatable bonds is 6. The Morgan fingerprint density at radius 1 is 1.26 bits per heavy atom. The maximum Gasteiger partial charge on any atom is 0.254 e. The van der Waals surface area contributed by atoms with Crippen LogP contribution in [0.3, 0.4) is 0 Å². The average molecular weight is 422 g/mol. The summed E-state index contributed by atoms with van der Waals surface area (Å²) in [5.41, 5.74) is 2.00. The van der Waals surface area contributed by atoms with Crippen LogP contribution in [0.2, 0.25) is 0 Å². The molecule has 2 aromatic heterocycles. The van der Waals surface area contributed by atoms with E-state index < -0.39 is 0 Å². The molecule has 4 heterocycles. The van der Waals surface area contributed by atoms with Gasteiger partial charge < -0.3 is 19.7 Å². The zero-order chi connectivity index (χ0) is 21.2. The van der Waals surface area contributed by atoms with Gasteiger partial charge in [-0.15, -0.1) is 0 Å². The summed E-state index contributed by atoms with van der Waals surface area (Å²) in [5.74, 6) is 3.03. The third-order valence-corrected chi connectivity index (χ3v) is 5.81. The molecule has 9 nitrogen and oxygen atoms in total. The molecule has 5 rings (SSSR count). The van der Waals surface area contributed by atoms with Gasteiger partial charge in [-0.3, -0.25) is 4.79 Å². The van der Waals surface area contributed by atoms with E-state index in [2.05, 4.69) is 38.3 Å². The van der Waals surface area contributed by atoms with Crippen molar-refractivity contribution in [3.05, 3.63) is 41.9 Å². The molecule has 0 unspecified atom stereocenters. The molecule has 31 heavy (non-hydrogen) atoms. The SMILES string of the molecule is CCCc1cc(N2CCC[C@H](C(=O)NCc3ccc4c(c3)OCO4)C2)n2ncnc2n1. The van der Waals surface area contributed by atoms with Crippen molar-refractivity contribution in [1.82, 2.24) is 24.9 Å². The molecule has 0 bridgehead atoms. The van der Waals surface area contributed by atoms with Gasteiger partial charge in [-0.2, -0.15) is 14.6 Å². The fraction of sp³-hybridized carbons (Fsp3) is 0.455. The van der Waals surface area contributed by atoms with Gasteiger partial charge in [0.05, 0.1) is 5.92 Å². The first-order chi connectivity index (χ1) is 15.2. The third kappa shape index (κ3) is 3.99. The van der Waals surface area contributed by atoms with Gasteiger partial charge in [0.15, 0.2) is 11.5 Å². The molecule has 0 saturated carbocycles. The minimum atomic E-state index is -0.0795. The fourth-order valence-electron chi connectivity index (χ4n) is 4.24. The number of nitrogens with zero attached hydrogens (tertiary/aromatic N) is 5. The van der Waals surface area contributed by atoms with E-state index in [1.807, 2.05) is 18.2 Å². The van der Waals surface area contributed by atoms with E-state index in [4.69, 9.17) is 9.47 Å². The van der Waals surface area contributed by atoms with Crippen LogP contribution in [-0.4, -0.2) is 45.4 Å². The Kier molecular flexibility index (Phi) is 5.31. The van der Waals surface area contributed by atoms with Crippen molar-refractivity contribution in [3.63, 3.8) is 0 Å². The molecule has 9 heteroatoms. The molecule has 2 aliphatic heterocycles. The van der Waals surface area contributed by atoms with Gasteiger partial charge in [-0.05, 0) is 37.0 Å². The van der Waals surface area contributed by atoms with E-state index in [0.29, 0.717) is 18.9 Å². The van der Waals surface area contributed by atoms with Gasteiger partial charge in [0.25, 0.3) is 5.78 Å². The molecular formula is C22H26N6O3. The minimum Gasteiger partial charge on any atom is -0.454 e. The van der Waals surface area contributed by atoms with E-state index in [1.165, 1.54) is 6.33 Å². The second-order valence-electron chi connectivity index (χ2n) is 8.02. The van der Waals surface area contributed by atoms with Crippen LogP contribution in [-0.2, 0) is 17.8 Å². The molecule has 1 saturated heterocycles. The number of nitrogens with one attached hydrogen (secondary N) is 1. The zero-order valence-corrected chi connectivity index (χ0v) is 17.6.